The molecule has 0 atom stereocenters. The number of amides is 2. The topological polar surface area (TPSA) is 102 Å². The fraction of sp³-hybridized carbons (Fsp3) is 0.241. The molecule has 3 heterocycles. The second kappa shape index (κ2) is 10.7. The zero-order valence-corrected chi connectivity index (χ0v) is 20.5. The summed E-state index contributed by atoms with van der Waals surface area (Å²) in [4.78, 5) is 44.2. The number of fused-ring (bicyclic) bond motifs is 2. The van der Waals surface area contributed by atoms with Crippen molar-refractivity contribution in [3.63, 3.8) is 0 Å². The van der Waals surface area contributed by atoms with Gasteiger partial charge in [-0.05, 0) is 54.3 Å². The second-order valence-corrected chi connectivity index (χ2v) is 8.96. The summed E-state index contributed by atoms with van der Waals surface area (Å²) in [6.07, 6.45) is 2.64. The van der Waals surface area contributed by atoms with Crippen LogP contribution < -0.4 is 15.5 Å². The summed E-state index contributed by atoms with van der Waals surface area (Å²) in [6.45, 7) is 3.39. The Balaban J connectivity index is 1.24. The summed E-state index contributed by atoms with van der Waals surface area (Å²) in [5.74, 6) is 0.321. The molecule has 2 aromatic heterocycles. The molecule has 8 heteroatoms. The first-order chi connectivity index (χ1) is 18.0. The van der Waals surface area contributed by atoms with Crippen LogP contribution in [0.4, 0.5) is 0 Å². The van der Waals surface area contributed by atoms with Crippen molar-refractivity contribution in [2.75, 3.05) is 13.2 Å². The van der Waals surface area contributed by atoms with Crippen LogP contribution in [0.2, 0.25) is 0 Å². The van der Waals surface area contributed by atoms with Gasteiger partial charge in [-0.1, -0.05) is 30.3 Å². The fourth-order valence-corrected chi connectivity index (χ4v) is 4.55. The number of pyridine rings is 1. The predicted molar refractivity (Wildman–Crippen MR) is 138 cm³/mol. The van der Waals surface area contributed by atoms with Crippen LogP contribution in [0.25, 0.3) is 11.0 Å². The van der Waals surface area contributed by atoms with Crippen LogP contribution in [0.15, 0.2) is 76.1 Å². The maximum Gasteiger partial charge on any atom is 0.290 e. The van der Waals surface area contributed by atoms with E-state index in [9.17, 15) is 14.4 Å². The maximum absolute atomic E-state index is 13.2. The van der Waals surface area contributed by atoms with E-state index in [1.807, 2.05) is 37.3 Å². The third kappa shape index (κ3) is 5.38. The van der Waals surface area contributed by atoms with Crippen molar-refractivity contribution in [3.8, 4) is 5.75 Å². The standard InChI is InChI=1S/C29H27N3O5/c1-19-24(17-31-28(34)12-14-36-21-7-3-2-4-8-21)22-11-13-32(18-20(22)16-30-19)29(35)27-15-25(33)23-9-5-6-10-26(23)37-27/h2-10,15-16H,11-14,17-18H2,1H3,(H,31,34). The lowest BCUT2D eigenvalue weighted by atomic mass is 9.94. The Morgan fingerprint density at radius 1 is 1.11 bits per heavy atom. The summed E-state index contributed by atoms with van der Waals surface area (Å²) in [7, 11) is 0. The first kappa shape index (κ1) is 24.2. The Kier molecular flexibility index (Phi) is 6.98. The van der Waals surface area contributed by atoms with Crippen LogP contribution >= 0.6 is 0 Å². The number of para-hydroxylation sites is 2. The molecule has 0 bridgehead atoms. The molecule has 0 aliphatic carbocycles. The molecule has 37 heavy (non-hydrogen) atoms. The number of hydrogen-bond donors (Lipinski definition) is 1. The second-order valence-electron chi connectivity index (χ2n) is 8.96. The van der Waals surface area contributed by atoms with Gasteiger partial charge < -0.3 is 19.4 Å². The van der Waals surface area contributed by atoms with Crippen LogP contribution in [0.5, 0.6) is 5.75 Å². The van der Waals surface area contributed by atoms with Gasteiger partial charge in [0.05, 0.1) is 18.4 Å². The summed E-state index contributed by atoms with van der Waals surface area (Å²) < 4.78 is 11.4. The third-order valence-corrected chi connectivity index (χ3v) is 6.53. The molecule has 2 aromatic carbocycles. The Morgan fingerprint density at radius 2 is 1.89 bits per heavy atom. The van der Waals surface area contributed by atoms with Gasteiger partial charge in [0.1, 0.15) is 11.3 Å². The fourth-order valence-electron chi connectivity index (χ4n) is 4.55. The average molecular weight is 498 g/mol. The lowest BCUT2D eigenvalue weighted by Crippen LogP contribution is -2.37. The molecule has 188 valence electrons. The summed E-state index contributed by atoms with van der Waals surface area (Å²) in [5.41, 5.74) is 3.98. The molecule has 0 saturated heterocycles. The average Bonchev–Trinajstić information content (AvgIpc) is 2.92. The van der Waals surface area contributed by atoms with E-state index in [2.05, 4.69) is 10.3 Å². The van der Waals surface area contributed by atoms with E-state index in [-0.39, 0.29) is 29.4 Å². The minimum absolute atomic E-state index is 0.0254. The molecule has 1 aliphatic heterocycles. The molecule has 0 spiro atoms. The molecule has 0 saturated carbocycles. The van der Waals surface area contributed by atoms with E-state index in [1.165, 1.54) is 6.07 Å². The Morgan fingerprint density at radius 3 is 2.73 bits per heavy atom. The van der Waals surface area contributed by atoms with E-state index in [4.69, 9.17) is 9.15 Å². The van der Waals surface area contributed by atoms with Gasteiger partial charge in [0.2, 0.25) is 5.91 Å². The number of nitrogens with one attached hydrogen (secondary N) is 1. The highest BCUT2D eigenvalue weighted by molar-refractivity contribution is 5.93. The number of aromatic nitrogens is 1. The SMILES string of the molecule is Cc1ncc2c(c1CNC(=O)CCOc1ccccc1)CCN(C(=O)c1cc(=O)c3ccccc3o1)C2. The van der Waals surface area contributed by atoms with Gasteiger partial charge in [-0.2, -0.15) is 0 Å². The van der Waals surface area contributed by atoms with Crippen molar-refractivity contribution >= 4 is 22.8 Å². The van der Waals surface area contributed by atoms with E-state index in [0.717, 1.165) is 28.1 Å². The summed E-state index contributed by atoms with van der Waals surface area (Å²) in [5, 5.41) is 3.42. The van der Waals surface area contributed by atoms with Crippen molar-refractivity contribution in [1.29, 1.82) is 0 Å². The van der Waals surface area contributed by atoms with E-state index in [0.29, 0.717) is 43.6 Å². The zero-order valence-electron chi connectivity index (χ0n) is 20.5. The smallest absolute Gasteiger partial charge is 0.290 e. The van der Waals surface area contributed by atoms with Gasteiger partial charge in [0.25, 0.3) is 5.91 Å². The highest BCUT2D eigenvalue weighted by atomic mass is 16.5. The number of nitrogens with zero attached hydrogens (tertiary/aromatic N) is 2. The number of ether oxygens (including phenoxy) is 1. The number of aryl methyl sites for hydroxylation is 1. The Labute approximate surface area is 213 Å². The summed E-state index contributed by atoms with van der Waals surface area (Å²) >= 11 is 0. The molecule has 8 nitrogen and oxygen atoms in total. The van der Waals surface area contributed by atoms with Crippen molar-refractivity contribution < 1.29 is 18.7 Å². The van der Waals surface area contributed by atoms with Crippen LogP contribution in [0, 0.1) is 6.92 Å². The maximum atomic E-state index is 13.2. The molecule has 2 amide bonds. The molecule has 0 radical (unpaired) electrons. The van der Waals surface area contributed by atoms with Crippen LogP contribution in [0.1, 0.15) is 39.4 Å². The highest BCUT2D eigenvalue weighted by Crippen LogP contribution is 2.25. The molecular weight excluding hydrogens is 470 g/mol. The largest absolute Gasteiger partial charge is 0.493 e. The van der Waals surface area contributed by atoms with E-state index >= 15 is 0 Å². The van der Waals surface area contributed by atoms with Crippen molar-refractivity contribution in [3.05, 3.63) is 105 Å². The zero-order chi connectivity index (χ0) is 25.8. The minimum Gasteiger partial charge on any atom is -0.493 e. The van der Waals surface area contributed by atoms with E-state index < -0.39 is 0 Å². The molecule has 0 fully saturated rings. The molecule has 1 N–H and O–H groups in total. The first-order valence-corrected chi connectivity index (χ1v) is 12.2. The van der Waals surface area contributed by atoms with Gasteiger partial charge in [-0.15, -0.1) is 0 Å². The monoisotopic (exact) mass is 497 g/mol. The lowest BCUT2D eigenvalue weighted by Gasteiger charge is -2.30. The number of hydrogen-bond acceptors (Lipinski definition) is 6. The number of carbonyl (C=O) groups excluding carboxylic acids is 2. The van der Waals surface area contributed by atoms with Gasteiger partial charge >= 0.3 is 0 Å². The lowest BCUT2D eigenvalue weighted by molar-refractivity contribution is -0.121. The van der Waals surface area contributed by atoms with E-state index in [1.54, 1.807) is 35.4 Å². The van der Waals surface area contributed by atoms with Gasteiger partial charge in [-0.25, -0.2) is 0 Å². The third-order valence-electron chi connectivity index (χ3n) is 6.53. The van der Waals surface area contributed by atoms with Gasteiger partial charge in [-0.3, -0.25) is 19.4 Å². The quantitative estimate of drug-likeness (QED) is 0.417. The normalized spacial score (nSPS) is 12.7. The Bertz CT molecular complexity index is 1510. The van der Waals surface area contributed by atoms with Crippen LogP contribution in [-0.2, 0) is 24.3 Å². The molecule has 1 aliphatic rings. The Hall–Kier alpha value is -4.46. The number of rotatable bonds is 7. The van der Waals surface area contributed by atoms with Crippen molar-refractivity contribution in [2.24, 2.45) is 0 Å². The molecule has 0 unspecified atom stereocenters. The number of benzene rings is 2. The minimum atomic E-state index is -0.331. The predicted octanol–water partition coefficient (Wildman–Crippen LogP) is 3.78. The summed E-state index contributed by atoms with van der Waals surface area (Å²) in [6, 6.07) is 17.5. The van der Waals surface area contributed by atoms with Crippen LogP contribution in [0.3, 0.4) is 0 Å². The highest BCUT2D eigenvalue weighted by Gasteiger charge is 2.26. The van der Waals surface area contributed by atoms with Crippen molar-refractivity contribution in [1.82, 2.24) is 15.2 Å². The molecule has 4 aromatic rings. The van der Waals surface area contributed by atoms with Crippen molar-refractivity contribution in [2.45, 2.75) is 32.9 Å². The van der Waals surface area contributed by atoms with Gasteiger partial charge in [0.15, 0.2) is 11.2 Å². The first-order valence-electron chi connectivity index (χ1n) is 12.2. The molecular formula is C29H27N3O5. The molecule has 5 rings (SSSR count). The number of carbonyl (C=O) groups is 2. The van der Waals surface area contributed by atoms with Gasteiger partial charge in [0, 0.05) is 37.6 Å². The van der Waals surface area contributed by atoms with Crippen LogP contribution in [-0.4, -0.2) is 34.8 Å².